The van der Waals surface area contributed by atoms with Crippen molar-refractivity contribution < 1.29 is 14.3 Å². The van der Waals surface area contributed by atoms with Gasteiger partial charge in [0.15, 0.2) is 5.82 Å². The van der Waals surface area contributed by atoms with Crippen molar-refractivity contribution in [2.75, 3.05) is 6.61 Å². The van der Waals surface area contributed by atoms with Gasteiger partial charge in [-0.3, -0.25) is 0 Å². The van der Waals surface area contributed by atoms with Crippen LogP contribution in [0.15, 0.2) is 59.3 Å². The first kappa shape index (κ1) is 25.9. The second-order valence-corrected chi connectivity index (χ2v) is 9.19. The first-order valence-corrected chi connectivity index (χ1v) is 13.0. The van der Waals surface area contributed by atoms with Crippen molar-refractivity contribution in [3.05, 3.63) is 70.5 Å². The van der Waals surface area contributed by atoms with Crippen LogP contribution in [-0.2, 0) is 6.42 Å². The van der Waals surface area contributed by atoms with Crippen LogP contribution in [0.25, 0.3) is 11.4 Å². The summed E-state index contributed by atoms with van der Waals surface area (Å²) in [5, 5.41) is 0. The van der Waals surface area contributed by atoms with Crippen LogP contribution < -0.4 is 9.47 Å². The van der Waals surface area contributed by atoms with Crippen molar-refractivity contribution in [1.82, 2.24) is 9.97 Å². The molecule has 1 heterocycles. The molecule has 3 rings (SSSR count). The standard InChI is InChI=1S/C28H33BrN2O3/c1-3-5-6-7-8-9-17-33-26-16-13-23(18-25(26)29)28(32)34-24-14-11-22(12-15-24)27-30-19-21(10-4-2)20-31-27/h11-16,18-20H,3-10,17H2,1-2H3. The lowest BCUT2D eigenvalue weighted by Crippen LogP contribution is -2.09. The molecule has 180 valence electrons. The third kappa shape index (κ3) is 7.94. The first-order valence-electron chi connectivity index (χ1n) is 12.2. The molecule has 0 amide bonds. The lowest BCUT2D eigenvalue weighted by Gasteiger charge is -2.10. The number of benzene rings is 2. The van der Waals surface area contributed by atoms with Crippen LogP contribution in [-0.4, -0.2) is 22.5 Å². The maximum absolute atomic E-state index is 12.6. The van der Waals surface area contributed by atoms with Crippen molar-refractivity contribution >= 4 is 21.9 Å². The molecule has 0 N–H and O–H groups in total. The number of halogens is 1. The van der Waals surface area contributed by atoms with E-state index in [-0.39, 0.29) is 0 Å². The summed E-state index contributed by atoms with van der Waals surface area (Å²) in [7, 11) is 0. The molecule has 0 saturated carbocycles. The van der Waals surface area contributed by atoms with Crippen molar-refractivity contribution in [3.63, 3.8) is 0 Å². The van der Waals surface area contributed by atoms with Gasteiger partial charge in [-0.15, -0.1) is 0 Å². The van der Waals surface area contributed by atoms with E-state index in [0.29, 0.717) is 23.7 Å². The van der Waals surface area contributed by atoms with E-state index < -0.39 is 5.97 Å². The molecule has 5 nitrogen and oxygen atoms in total. The predicted molar refractivity (Wildman–Crippen MR) is 139 cm³/mol. The summed E-state index contributed by atoms with van der Waals surface area (Å²) in [6.45, 7) is 5.03. The molecule has 6 heteroatoms. The SMILES string of the molecule is CCCCCCCCOc1ccc(C(=O)Oc2ccc(-c3ncc(CCC)cn3)cc2)cc1Br. The Balaban J connectivity index is 1.51. The monoisotopic (exact) mass is 524 g/mol. The van der Waals surface area contributed by atoms with Crippen LogP contribution in [0.4, 0.5) is 0 Å². The number of unbranched alkanes of at least 4 members (excludes halogenated alkanes) is 5. The van der Waals surface area contributed by atoms with Crippen molar-refractivity contribution in [3.8, 4) is 22.9 Å². The molecular formula is C28H33BrN2O3. The molecule has 0 fully saturated rings. The van der Waals surface area contributed by atoms with E-state index in [2.05, 4.69) is 39.7 Å². The third-order valence-electron chi connectivity index (χ3n) is 5.49. The van der Waals surface area contributed by atoms with Crippen molar-refractivity contribution in [1.29, 1.82) is 0 Å². The molecule has 34 heavy (non-hydrogen) atoms. The van der Waals surface area contributed by atoms with Crippen LogP contribution in [0.1, 0.15) is 74.7 Å². The van der Waals surface area contributed by atoms with Gasteiger partial charge in [0.25, 0.3) is 0 Å². The largest absolute Gasteiger partial charge is 0.492 e. The van der Waals surface area contributed by atoms with Gasteiger partial charge in [0, 0.05) is 18.0 Å². The minimum atomic E-state index is -0.420. The Morgan fingerprint density at radius 3 is 2.26 bits per heavy atom. The van der Waals surface area contributed by atoms with Gasteiger partial charge in [0.05, 0.1) is 16.6 Å². The number of esters is 1. The lowest BCUT2D eigenvalue weighted by atomic mass is 10.1. The minimum absolute atomic E-state index is 0.420. The Hall–Kier alpha value is -2.73. The van der Waals surface area contributed by atoms with Gasteiger partial charge in [-0.1, -0.05) is 52.4 Å². The maximum atomic E-state index is 12.6. The second kappa shape index (κ2) is 13.9. The molecule has 0 aliphatic carbocycles. The molecule has 0 bridgehead atoms. The highest BCUT2D eigenvalue weighted by Gasteiger charge is 2.12. The summed E-state index contributed by atoms with van der Waals surface area (Å²) in [6, 6.07) is 12.5. The van der Waals surface area contributed by atoms with Crippen LogP contribution in [0.3, 0.4) is 0 Å². The van der Waals surface area contributed by atoms with Crippen LogP contribution in [0, 0.1) is 0 Å². The van der Waals surface area contributed by atoms with Crippen LogP contribution in [0.5, 0.6) is 11.5 Å². The molecule has 0 aliphatic heterocycles. The summed E-state index contributed by atoms with van der Waals surface area (Å²) in [6.07, 6.45) is 13.1. The lowest BCUT2D eigenvalue weighted by molar-refractivity contribution is 0.0734. The number of aromatic nitrogens is 2. The van der Waals surface area contributed by atoms with E-state index in [9.17, 15) is 4.79 Å². The van der Waals surface area contributed by atoms with E-state index in [1.165, 1.54) is 32.1 Å². The second-order valence-electron chi connectivity index (χ2n) is 8.34. The number of rotatable bonds is 13. The van der Waals surface area contributed by atoms with Gasteiger partial charge in [0.2, 0.25) is 0 Å². The smallest absolute Gasteiger partial charge is 0.343 e. The van der Waals surface area contributed by atoms with Gasteiger partial charge in [-0.05, 0) is 76.8 Å². The quantitative estimate of drug-likeness (QED) is 0.129. The highest BCUT2D eigenvalue weighted by atomic mass is 79.9. The fourth-order valence-corrected chi connectivity index (χ4v) is 4.06. The Kier molecular flexibility index (Phi) is 10.5. The third-order valence-corrected chi connectivity index (χ3v) is 6.11. The molecule has 0 unspecified atom stereocenters. The molecule has 0 saturated heterocycles. The average Bonchev–Trinajstić information content (AvgIpc) is 2.85. The van der Waals surface area contributed by atoms with Crippen LogP contribution in [0.2, 0.25) is 0 Å². The maximum Gasteiger partial charge on any atom is 0.343 e. The van der Waals surface area contributed by atoms with Gasteiger partial charge < -0.3 is 9.47 Å². The normalized spacial score (nSPS) is 10.8. The summed E-state index contributed by atoms with van der Waals surface area (Å²) >= 11 is 3.51. The number of carbonyl (C=O) groups is 1. The number of carbonyl (C=O) groups excluding carboxylic acids is 1. The van der Waals surface area contributed by atoms with Crippen LogP contribution >= 0.6 is 15.9 Å². The molecule has 1 aromatic heterocycles. The van der Waals surface area contributed by atoms with Gasteiger partial charge in [-0.2, -0.15) is 0 Å². The zero-order valence-corrected chi connectivity index (χ0v) is 21.6. The molecule has 3 aromatic rings. The molecule has 2 aromatic carbocycles. The zero-order valence-electron chi connectivity index (χ0n) is 20.1. The number of hydrogen-bond acceptors (Lipinski definition) is 5. The van der Waals surface area contributed by atoms with E-state index in [1.54, 1.807) is 30.3 Å². The van der Waals surface area contributed by atoms with Crippen molar-refractivity contribution in [2.45, 2.75) is 65.2 Å². The number of aryl methyl sites for hydroxylation is 1. The minimum Gasteiger partial charge on any atom is -0.492 e. The Morgan fingerprint density at radius 1 is 0.882 bits per heavy atom. The van der Waals surface area contributed by atoms with Gasteiger partial charge in [-0.25, -0.2) is 14.8 Å². The summed E-state index contributed by atoms with van der Waals surface area (Å²) in [4.78, 5) is 21.5. The first-order chi connectivity index (χ1) is 16.6. The molecule has 0 aliphatic rings. The Morgan fingerprint density at radius 2 is 1.59 bits per heavy atom. The van der Waals surface area contributed by atoms with Gasteiger partial charge >= 0.3 is 5.97 Å². The summed E-state index contributed by atoms with van der Waals surface area (Å²) < 4.78 is 12.1. The zero-order chi connectivity index (χ0) is 24.2. The topological polar surface area (TPSA) is 61.3 Å². The molecular weight excluding hydrogens is 492 g/mol. The highest BCUT2D eigenvalue weighted by molar-refractivity contribution is 9.10. The highest BCUT2D eigenvalue weighted by Crippen LogP contribution is 2.27. The van der Waals surface area contributed by atoms with E-state index >= 15 is 0 Å². The molecule has 0 atom stereocenters. The molecule has 0 spiro atoms. The summed E-state index contributed by atoms with van der Waals surface area (Å²) in [5.74, 6) is 1.43. The summed E-state index contributed by atoms with van der Waals surface area (Å²) in [5.41, 5.74) is 2.46. The fraction of sp³-hybridized carbons (Fsp3) is 0.393. The van der Waals surface area contributed by atoms with Crippen molar-refractivity contribution in [2.24, 2.45) is 0 Å². The number of ether oxygens (including phenoxy) is 2. The average molecular weight is 525 g/mol. The van der Waals surface area contributed by atoms with E-state index in [4.69, 9.17) is 9.47 Å². The predicted octanol–water partition coefficient (Wildman–Crippen LogP) is 7.82. The van der Waals surface area contributed by atoms with E-state index in [0.717, 1.165) is 40.6 Å². The molecule has 0 radical (unpaired) electrons. The van der Waals surface area contributed by atoms with Gasteiger partial charge in [0.1, 0.15) is 11.5 Å². The van der Waals surface area contributed by atoms with E-state index in [1.807, 2.05) is 24.5 Å². The number of nitrogens with zero attached hydrogens (tertiary/aromatic N) is 2. The Labute approximate surface area is 211 Å². The fourth-order valence-electron chi connectivity index (χ4n) is 3.57. The number of hydrogen-bond donors (Lipinski definition) is 0. The Bertz CT molecular complexity index is 1040.